The van der Waals surface area contributed by atoms with Crippen LogP contribution in [0.4, 0.5) is 4.39 Å². The number of aromatic nitrogens is 2. The number of fused-ring (bicyclic) bond motifs is 2. The van der Waals surface area contributed by atoms with Crippen LogP contribution in [0.15, 0.2) is 41.3 Å². The molecule has 2 aliphatic rings. The Labute approximate surface area is 231 Å². The molecule has 0 spiro atoms. The van der Waals surface area contributed by atoms with Gasteiger partial charge >= 0.3 is 0 Å². The number of nitrogens with one attached hydrogen (secondary N) is 2. The Morgan fingerprint density at radius 2 is 1.66 bits per heavy atom. The predicted molar refractivity (Wildman–Crippen MR) is 147 cm³/mol. The number of thiazole rings is 1. The second-order valence-electron chi connectivity index (χ2n) is 9.92. The molecular formula is C27H23Cl2FN4O3S. The Balaban J connectivity index is 1.12. The average molecular weight is 573 g/mol. The summed E-state index contributed by atoms with van der Waals surface area (Å²) < 4.78 is 16.9. The SMILES string of the molecule is O=C(N[C@H]1CC[C@H](NC(=O)c2cn(C3CC3)c3cc(Cl)c(F)cc3c2=O)CC1)c1nc2cc(Cl)ccc2s1. The van der Waals surface area contributed by atoms with Crippen molar-refractivity contribution in [3.05, 3.63) is 73.2 Å². The summed E-state index contributed by atoms with van der Waals surface area (Å²) in [5.41, 5.74) is 0.716. The number of amides is 2. The van der Waals surface area contributed by atoms with E-state index in [4.69, 9.17) is 23.2 Å². The summed E-state index contributed by atoms with van der Waals surface area (Å²) in [5, 5.41) is 7.07. The zero-order valence-electron chi connectivity index (χ0n) is 20.1. The number of benzene rings is 2. The van der Waals surface area contributed by atoms with Crippen molar-refractivity contribution in [1.82, 2.24) is 20.2 Å². The van der Waals surface area contributed by atoms with E-state index < -0.39 is 17.2 Å². The van der Waals surface area contributed by atoms with Crippen molar-refractivity contribution in [1.29, 1.82) is 0 Å². The van der Waals surface area contributed by atoms with Gasteiger partial charge in [0.1, 0.15) is 11.4 Å². The Bertz CT molecular complexity index is 1660. The fraction of sp³-hybridized carbons (Fsp3) is 0.333. The van der Waals surface area contributed by atoms with E-state index in [1.54, 1.807) is 18.3 Å². The second kappa shape index (κ2) is 9.94. The number of halogens is 3. The largest absolute Gasteiger partial charge is 0.349 e. The first-order chi connectivity index (χ1) is 18.3. The van der Waals surface area contributed by atoms with Crippen molar-refractivity contribution in [3.8, 4) is 0 Å². The van der Waals surface area contributed by atoms with Crippen LogP contribution < -0.4 is 16.1 Å². The Kier molecular flexibility index (Phi) is 6.62. The Morgan fingerprint density at radius 1 is 0.974 bits per heavy atom. The Hall–Kier alpha value is -3.01. The third-order valence-electron chi connectivity index (χ3n) is 7.20. The predicted octanol–water partition coefficient (Wildman–Crippen LogP) is 5.86. The van der Waals surface area contributed by atoms with Crippen LogP contribution >= 0.6 is 34.5 Å². The van der Waals surface area contributed by atoms with Gasteiger partial charge in [0.25, 0.3) is 11.8 Å². The van der Waals surface area contributed by atoms with Crippen molar-refractivity contribution in [2.75, 3.05) is 0 Å². The van der Waals surface area contributed by atoms with Crippen LogP contribution in [0, 0.1) is 5.82 Å². The highest BCUT2D eigenvalue weighted by atomic mass is 35.5. The summed E-state index contributed by atoms with van der Waals surface area (Å²) in [7, 11) is 0. The lowest BCUT2D eigenvalue weighted by Crippen LogP contribution is -2.44. The van der Waals surface area contributed by atoms with Gasteiger partial charge in [-0.2, -0.15) is 0 Å². The van der Waals surface area contributed by atoms with Gasteiger partial charge < -0.3 is 15.2 Å². The maximum absolute atomic E-state index is 14.2. The van der Waals surface area contributed by atoms with E-state index in [1.165, 1.54) is 17.4 Å². The van der Waals surface area contributed by atoms with Gasteiger partial charge in [-0.05, 0) is 68.9 Å². The first kappa shape index (κ1) is 25.3. The molecule has 0 bridgehead atoms. The first-order valence-electron chi connectivity index (χ1n) is 12.5. The quantitative estimate of drug-likeness (QED) is 0.313. The van der Waals surface area contributed by atoms with Crippen LogP contribution in [0.2, 0.25) is 10.0 Å². The molecule has 196 valence electrons. The molecule has 0 radical (unpaired) electrons. The normalized spacial score (nSPS) is 19.6. The zero-order valence-corrected chi connectivity index (χ0v) is 22.4. The zero-order chi connectivity index (χ0) is 26.6. The standard InChI is InChI=1S/C27H23Cl2FN4O3S/c28-13-1-8-23-21(9-13)33-27(38-23)26(37)32-15-4-2-14(3-5-15)31-25(36)18-12-34(16-6-7-16)22-11-19(29)20(30)10-17(22)24(18)35/h1,8-12,14-16H,2-7H2,(H,31,36)(H,32,37)/t14-,15-. The van der Waals surface area contributed by atoms with Gasteiger partial charge in [-0.25, -0.2) is 9.37 Å². The van der Waals surface area contributed by atoms with Gasteiger partial charge in [-0.15, -0.1) is 11.3 Å². The summed E-state index contributed by atoms with van der Waals surface area (Å²) in [4.78, 5) is 43.4. The van der Waals surface area contributed by atoms with E-state index in [0.29, 0.717) is 46.7 Å². The highest BCUT2D eigenvalue weighted by molar-refractivity contribution is 7.20. The molecule has 0 aliphatic heterocycles. The first-order valence-corrected chi connectivity index (χ1v) is 14.1. The van der Waals surface area contributed by atoms with Gasteiger partial charge in [0.15, 0.2) is 5.01 Å². The van der Waals surface area contributed by atoms with Gasteiger partial charge in [-0.3, -0.25) is 14.4 Å². The maximum atomic E-state index is 14.2. The molecule has 0 saturated heterocycles. The number of carbonyl (C=O) groups is 2. The van der Waals surface area contributed by atoms with E-state index >= 15 is 0 Å². The monoisotopic (exact) mass is 572 g/mol. The van der Waals surface area contributed by atoms with E-state index in [0.717, 1.165) is 23.6 Å². The summed E-state index contributed by atoms with van der Waals surface area (Å²) in [5.74, 6) is -1.38. The van der Waals surface area contributed by atoms with E-state index in [2.05, 4.69) is 15.6 Å². The third kappa shape index (κ3) is 4.90. The lowest BCUT2D eigenvalue weighted by molar-refractivity contribution is 0.0891. The highest BCUT2D eigenvalue weighted by Crippen LogP contribution is 2.37. The van der Waals surface area contributed by atoms with Crippen LogP contribution in [-0.4, -0.2) is 33.4 Å². The molecule has 11 heteroatoms. The number of hydrogen-bond donors (Lipinski definition) is 2. The van der Waals surface area contributed by atoms with E-state index in [9.17, 15) is 18.8 Å². The molecule has 7 nitrogen and oxygen atoms in total. The van der Waals surface area contributed by atoms with Crippen LogP contribution in [0.3, 0.4) is 0 Å². The molecule has 2 aromatic carbocycles. The van der Waals surface area contributed by atoms with Crippen molar-refractivity contribution < 1.29 is 14.0 Å². The molecule has 2 aromatic heterocycles. The van der Waals surface area contributed by atoms with Crippen molar-refractivity contribution in [2.45, 2.75) is 56.7 Å². The van der Waals surface area contributed by atoms with E-state index in [1.807, 2.05) is 10.6 Å². The van der Waals surface area contributed by atoms with Crippen LogP contribution in [0.5, 0.6) is 0 Å². The summed E-state index contributed by atoms with van der Waals surface area (Å²) >= 11 is 13.3. The van der Waals surface area contributed by atoms with E-state index in [-0.39, 0.29) is 40.0 Å². The molecule has 4 aromatic rings. The van der Waals surface area contributed by atoms with Gasteiger partial charge in [0.05, 0.1) is 20.8 Å². The molecule has 6 rings (SSSR count). The second-order valence-corrected chi connectivity index (χ2v) is 11.8. The molecule has 2 amide bonds. The number of hydrogen-bond acceptors (Lipinski definition) is 5. The molecule has 2 aliphatic carbocycles. The molecule has 0 atom stereocenters. The summed E-state index contributed by atoms with van der Waals surface area (Å²) in [6.07, 6.45) is 6.09. The van der Waals surface area contributed by atoms with Gasteiger partial charge in [0, 0.05) is 34.7 Å². The minimum atomic E-state index is -0.689. The lowest BCUT2D eigenvalue weighted by Gasteiger charge is -2.29. The van der Waals surface area contributed by atoms with Crippen LogP contribution in [0.1, 0.15) is 64.7 Å². The molecule has 0 unspecified atom stereocenters. The molecule has 2 fully saturated rings. The van der Waals surface area contributed by atoms with Crippen LogP contribution in [0.25, 0.3) is 21.1 Å². The smallest absolute Gasteiger partial charge is 0.280 e. The summed E-state index contributed by atoms with van der Waals surface area (Å²) in [6.45, 7) is 0. The molecular weight excluding hydrogens is 550 g/mol. The lowest BCUT2D eigenvalue weighted by atomic mass is 9.91. The number of nitrogens with zero attached hydrogens (tertiary/aromatic N) is 2. The molecule has 2 heterocycles. The number of carbonyl (C=O) groups excluding carboxylic acids is 2. The Morgan fingerprint density at radius 3 is 2.34 bits per heavy atom. The molecule has 2 saturated carbocycles. The fourth-order valence-electron chi connectivity index (χ4n) is 5.05. The maximum Gasteiger partial charge on any atom is 0.280 e. The number of rotatable bonds is 5. The highest BCUT2D eigenvalue weighted by Gasteiger charge is 2.29. The van der Waals surface area contributed by atoms with Crippen molar-refractivity contribution >= 4 is 67.5 Å². The minimum absolute atomic E-state index is 0.00233. The van der Waals surface area contributed by atoms with Gasteiger partial charge in [0.2, 0.25) is 5.43 Å². The average Bonchev–Trinajstić information content (AvgIpc) is 3.64. The molecule has 38 heavy (non-hydrogen) atoms. The van der Waals surface area contributed by atoms with Gasteiger partial charge in [-0.1, -0.05) is 23.2 Å². The van der Waals surface area contributed by atoms with Crippen molar-refractivity contribution in [3.63, 3.8) is 0 Å². The van der Waals surface area contributed by atoms with Crippen LogP contribution in [-0.2, 0) is 0 Å². The molecule has 2 N–H and O–H groups in total. The fourth-order valence-corrected chi connectivity index (χ4v) is 6.22. The van der Waals surface area contributed by atoms with Crippen molar-refractivity contribution in [2.24, 2.45) is 0 Å². The minimum Gasteiger partial charge on any atom is -0.349 e. The number of pyridine rings is 1. The third-order valence-corrected chi connectivity index (χ3v) is 8.76. The topological polar surface area (TPSA) is 93.1 Å². The summed E-state index contributed by atoms with van der Waals surface area (Å²) in [6, 6.07) is 7.91.